The Bertz CT molecular complexity index is 682. The van der Waals surface area contributed by atoms with E-state index in [0.29, 0.717) is 0 Å². The summed E-state index contributed by atoms with van der Waals surface area (Å²) < 4.78 is 15.1. The van der Waals surface area contributed by atoms with Gasteiger partial charge < -0.3 is 5.73 Å². The summed E-state index contributed by atoms with van der Waals surface area (Å²) in [5.41, 5.74) is 7.50. The summed E-state index contributed by atoms with van der Waals surface area (Å²) in [6.07, 6.45) is 5.82. The molecule has 2 unspecified atom stereocenters. The van der Waals surface area contributed by atoms with Crippen LogP contribution in [-0.2, 0) is 11.3 Å². The summed E-state index contributed by atoms with van der Waals surface area (Å²) in [5, 5.41) is 4.33. The van der Waals surface area contributed by atoms with Gasteiger partial charge in [0.15, 0.2) is 0 Å². The van der Waals surface area contributed by atoms with Crippen LogP contribution in [0.5, 0.6) is 0 Å². The Kier molecular flexibility index (Phi) is 4.43. The average Bonchev–Trinajstić information content (AvgIpc) is 3.11. The van der Waals surface area contributed by atoms with Crippen molar-refractivity contribution in [2.75, 3.05) is 6.54 Å². The quantitative estimate of drug-likeness (QED) is 0.918. The highest BCUT2D eigenvalue weighted by molar-refractivity contribution is 5.81. The fourth-order valence-corrected chi connectivity index (χ4v) is 3.34. The van der Waals surface area contributed by atoms with E-state index in [-0.39, 0.29) is 11.9 Å². The predicted molar refractivity (Wildman–Crippen MR) is 85.0 cm³/mol. The summed E-state index contributed by atoms with van der Waals surface area (Å²) in [6, 6.07) is 5.67. The molecule has 2 atom stereocenters. The molecule has 6 heteroatoms. The van der Waals surface area contributed by atoms with Crippen LogP contribution >= 0.6 is 0 Å². The molecule has 1 saturated heterocycles. The van der Waals surface area contributed by atoms with E-state index in [0.717, 1.165) is 37.1 Å². The molecular weight excluding hydrogens is 295 g/mol. The fraction of sp³-hybridized carbons (Fsp3) is 0.412. The van der Waals surface area contributed by atoms with Gasteiger partial charge in [-0.3, -0.25) is 14.4 Å². The van der Waals surface area contributed by atoms with Crippen LogP contribution < -0.4 is 5.73 Å². The summed E-state index contributed by atoms with van der Waals surface area (Å²) in [7, 11) is 0. The van der Waals surface area contributed by atoms with Gasteiger partial charge in [0.1, 0.15) is 11.9 Å². The highest BCUT2D eigenvalue weighted by Crippen LogP contribution is 2.30. The topological polar surface area (TPSA) is 64.2 Å². The average molecular weight is 316 g/mol. The van der Waals surface area contributed by atoms with E-state index in [1.165, 1.54) is 12.1 Å². The number of carbonyl (C=O) groups excluding carboxylic acids is 1. The molecule has 0 saturated carbocycles. The lowest BCUT2D eigenvalue weighted by Crippen LogP contribution is -2.42. The zero-order valence-corrected chi connectivity index (χ0v) is 13.2. The molecule has 2 heterocycles. The number of primary amides is 1. The fourth-order valence-electron chi connectivity index (χ4n) is 3.34. The number of nitrogens with two attached hydrogens (primary N) is 1. The molecule has 0 radical (unpaired) electrons. The van der Waals surface area contributed by atoms with Gasteiger partial charge >= 0.3 is 0 Å². The minimum Gasteiger partial charge on any atom is -0.368 e. The zero-order chi connectivity index (χ0) is 16.4. The largest absolute Gasteiger partial charge is 0.368 e. The summed E-state index contributed by atoms with van der Waals surface area (Å²) in [5.74, 6) is -0.720. The third-order valence-corrected chi connectivity index (χ3v) is 4.37. The number of hydrogen-bond donors (Lipinski definition) is 1. The number of benzene rings is 1. The number of hydrogen-bond acceptors (Lipinski definition) is 3. The molecule has 0 bridgehead atoms. The van der Waals surface area contributed by atoms with E-state index in [9.17, 15) is 9.18 Å². The first-order valence-corrected chi connectivity index (χ1v) is 7.84. The van der Waals surface area contributed by atoms with Gasteiger partial charge in [-0.15, -0.1) is 0 Å². The first-order valence-electron chi connectivity index (χ1n) is 7.84. The number of likely N-dealkylation sites (tertiary alicyclic amines) is 1. The number of amides is 1. The van der Waals surface area contributed by atoms with E-state index in [4.69, 9.17) is 5.73 Å². The van der Waals surface area contributed by atoms with Crippen molar-refractivity contribution in [3.05, 3.63) is 53.6 Å². The standard InChI is InChI=1S/C17H21FN4O/c1-12-9-20-21(10-12)11-15-3-2-8-22(15)16(17(19)23)13-4-6-14(18)7-5-13/h4-7,9-10,15-16H,2-3,8,11H2,1H3,(H2,19,23). The van der Waals surface area contributed by atoms with Gasteiger partial charge in [-0.25, -0.2) is 4.39 Å². The molecule has 0 aliphatic carbocycles. The number of nitrogens with zero attached hydrogens (tertiary/aromatic N) is 3. The number of aryl methyl sites for hydroxylation is 1. The lowest BCUT2D eigenvalue weighted by Gasteiger charge is -2.31. The molecule has 5 nitrogen and oxygen atoms in total. The van der Waals surface area contributed by atoms with Crippen molar-refractivity contribution in [1.82, 2.24) is 14.7 Å². The van der Waals surface area contributed by atoms with Crippen LogP contribution in [0.1, 0.15) is 30.0 Å². The molecule has 23 heavy (non-hydrogen) atoms. The molecule has 2 aromatic rings. The third-order valence-electron chi connectivity index (χ3n) is 4.37. The molecule has 1 aliphatic heterocycles. The van der Waals surface area contributed by atoms with Gasteiger partial charge in [-0.2, -0.15) is 5.10 Å². The van der Waals surface area contributed by atoms with Gasteiger partial charge in [-0.1, -0.05) is 12.1 Å². The minimum atomic E-state index is -0.528. The van der Waals surface area contributed by atoms with Crippen molar-refractivity contribution < 1.29 is 9.18 Å². The Labute approximate surface area is 134 Å². The lowest BCUT2D eigenvalue weighted by molar-refractivity contribution is -0.124. The van der Waals surface area contributed by atoms with Gasteiger partial charge in [0, 0.05) is 12.2 Å². The predicted octanol–water partition coefficient (Wildman–Crippen LogP) is 2.02. The number of carbonyl (C=O) groups is 1. The van der Waals surface area contributed by atoms with Crippen molar-refractivity contribution in [2.24, 2.45) is 5.73 Å². The minimum absolute atomic E-state index is 0.192. The van der Waals surface area contributed by atoms with E-state index in [2.05, 4.69) is 10.00 Å². The third kappa shape index (κ3) is 3.42. The zero-order valence-electron chi connectivity index (χ0n) is 13.2. The first-order chi connectivity index (χ1) is 11.0. The van der Waals surface area contributed by atoms with Crippen molar-refractivity contribution in [3.8, 4) is 0 Å². The van der Waals surface area contributed by atoms with Gasteiger partial charge in [-0.05, 0) is 49.6 Å². The molecular formula is C17H21FN4O. The molecule has 1 fully saturated rings. The molecule has 1 amide bonds. The van der Waals surface area contributed by atoms with Crippen molar-refractivity contribution in [1.29, 1.82) is 0 Å². The SMILES string of the molecule is Cc1cnn(CC2CCCN2C(C(N)=O)c2ccc(F)cc2)c1. The lowest BCUT2D eigenvalue weighted by atomic mass is 10.0. The normalized spacial score (nSPS) is 19.8. The Hall–Kier alpha value is -2.21. The molecule has 3 rings (SSSR count). The molecule has 1 aliphatic rings. The van der Waals surface area contributed by atoms with Crippen LogP contribution in [0.15, 0.2) is 36.7 Å². The molecule has 1 aromatic heterocycles. The smallest absolute Gasteiger partial charge is 0.239 e. The Morgan fingerprint density at radius 1 is 1.43 bits per heavy atom. The number of rotatable bonds is 5. The van der Waals surface area contributed by atoms with Gasteiger partial charge in [0.05, 0.1) is 12.7 Å². The Morgan fingerprint density at radius 3 is 2.78 bits per heavy atom. The van der Waals surface area contributed by atoms with Crippen molar-refractivity contribution >= 4 is 5.91 Å². The molecule has 122 valence electrons. The summed E-state index contributed by atoms with van der Waals surface area (Å²) in [4.78, 5) is 14.2. The van der Waals surface area contributed by atoms with Crippen LogP contribution in [0, 0.1) is 12.7 Å². The monoisotopic (exact) mass is 316 g/mol. The van der Waals surface area contributed by atoms with Crippen molar-refractivity contribution in [2.45, 2.75) is 38.4 Å². The van der Waals surface area contributed by atoms with Crippen LogP contribution in [0.2, 0.25) is 0 Å². The van der Waals surface area contributed by atoms with E-state index < -0.39 is 11.9 Å². The van der Waals surface area contributed by atoms with E-state index in [1.54, 1.807) is 12.1 Å². The van der Waals surface area contributed by atoms with Gasteiger partial charge in [0.2, 0.25) is 5.91 Å². The molecule has 0 spiro atoms. The maximum Gasteiger partial charge on any atom is 0.239 e. The maximum atomic E-state index is 13.2. The van der Waals surface area contributed by atoms with Crippen LogP contribution in [0.4, 0.5) is 4.39 Å². The van der Waals surface area contributed by atoms with Crippen LogP contribution in [-0.4, -0.2) is 33.2 Å². The molecule has 1 aromatic carbocycles. The second-order valence-corrected chi connectivity index (χ2v) is 6.13. The van der Waals surface area contributed by atoms with E-state index >= 15 is 0 Å². The van der Waals surface area contributed by atoms with Crippen LogP contribution in [0.25, 0.3) is 0 Å². The second-order valence-electron chi connectivity index (χ2n) is 6.13. The second kappa shape index (κ2) is 6.50. The first kappa shape index (κ1) is 15.7. The number of halogens is 1. The summed E-state index contributed by atoms with van der Waals surface area (Å²) >= 11 is 0. The maximum absolute atomic E-state index is 13.2. The summed E-state index contributed by atoms with van der Waals surface area (Å²) in [6.45, 7) is 3.52. The highest BCUT2D eigenvalue weighted by atomic mass is 19.1. The van der Waals surface area contributed by atoms with Gasteiger partial charge in [0.25, 0.3) is 0 Å². The molecule has 2 N–H and O–H groups in total. The Balaban J connectivity index is 1.83. The van der Waals surface area contributed by atoms with E-state index in [1.807, 2.05) is 24.0 Å². The highest BCUT2D eigenvalue weighted by Gasteiger charge is 2.35. The number of aromatic nitrogens is 2. The Morgan fingerprint density at radius 2 is 2.17 bits per heavy atom. The van der Waals surface area contributed by atoms with Crippen molar-refractivity contribution in [3.63, 3.8) is 0 Å². The van der Waals surface area contributed by atoms with Crippen LogP contribution in [0.3, 0.4) is 0 Å².